The Morgan fingerprint density at radius 2 is 2.41 bits per heavy atom. The van der Waals surface area contributed by atoms with Gasteiger partial charge in [0.05, 0.1) is 12.2 Å². The van der Waals surface area contributed by atoms with Crippen LogP contribution in [0.25, 0.3) is 0 Å². The molecular weight excluding hydrogens is 218 g/mol. The van der Waals surface area contributed by atoms with Gasteiger partial charge in [0.25, 0.3) is 0 Å². The molecule has 94 valence electrons. The maximum absolute atomic E-state index is 11.3. The summed E-state index contributed by atoms with van der Waals surface area (Å²) >= 11 is 0. The number of imidazole rings is 1. The quantitative estimate of drug-likeness (QED) is 0.738. The zero-order chi connectivity index (χ0) is 12.1. The lowest BCUT2D eigenvalue weighted by molar-refractivity contribution is -0.139. The van der Waals surface area contributed by atoms with E-state index in [2.05, 4.69) is 15.3 Å². The molecule has 1 aliphatic rings. The maximum atomic E-state index is 11.3. The van der Waals surface area contributed by atoms with Crippen molar-refractivity contribution in [3.8, 4) is 0 Å². The lowest BCUT2D eigenvalue weighted by Crippen LogP contribution is -2.18. The zero-order valence-corrected chi connectivity index (χ0v) is 9.85. The second-order valence-electron chi connectivity index (χ2n) is 4.68. The van der Waals surface area contributed by atoms with Gasteiger partial charge in [0, 0.05) is 11.9 Å². The van der Waals surface area contributed by atoms with Crippen molar-refractivity contribution < 1.29 is 9.90 Å². The number of hydrogen-bond acceptors (Lipinski definition) is 3. The average Bonchev–Trinajstić information content (AvgIpc) is 2.70. The molecule has 1 aromatic rings. The number of carboxylic acid groups (broad SMARTS) is 1. The van der Waals surface area contributed by atoms with E-state index in [4.69, 9.17) is 0 Å². The molecule has 2 rings (SSSR count). The van der Waals surface area contributed by atoms with E-state index in [9.17, 15) is 9.90 Å². The van der Waals surface area contributed by atoms with Crippen LogP contribution < -0.4 is 5.32 Å². The maximum Gasteiger partial charge on any atom is 0.312 e. The summed E-state index contributed by atoms with van der Waals surface area (Å²) in [6, 6.07) is 0. The van der Waals surface area contributed by atoms with Gasteiger partial charge in [-0.2, -0.15) is 0 Å². The largest absolute Gasteiger partial charge is 0.481 e. The Morgan fingerprint density at radius 1 is 1.53 bits per heavy atom. The number of aromatic amines is 1. The predicted octanol–water partition coefficient (Wildman–Crippen LogP) is 1.36. The highest BCUT2D eigenvalue weighted by atomic mass is 16.4. The van der Waals surface area contributed by atoms with Crippen LogP contribution in [0.3, 0.4) is 0 Å². The van der Waals surface area contributed by atoms with Gasteiger partial charge >= 0.3 is 5.97 Å². The van der Waals surface area contributed by atoms with E-state index in [1.54, 1.807) is 12.5 Å². The van der Waals surface area contributed by atoms with Gasteiger partial charge in [0.2, 0.25) is 0 Å². The summed E-state index contributed by atoms with van der Waals surface area (Å²) in [6.45, 7) is 2.05. The number of nitrogens with one attached hydrogen (secondary N) is 2. The minimum absolute atomic E-state index is 0.444. The lowest BCUT2D eigenvalue weighted by Gasteiger charge is -2.18. The van der Waals surface area contributed by atoms with Crippen LogP contribution in [0.2, 0.25) is 0 Å². The van der Waals surface area contributed by atoms with Crippen molar-refractivity contribution in [1.29, 1.82) is 0 Å². The SMILES string of the molecule is O=C(O)C(CC1CCCNCC1)c1cnc[nH]1. The van der Waals surface area contributed by atoms with Crippen LogP contribution >= 0.6 is 0 Å². The van der Waals surface area contributed by atoms with Gasteiger partial charge in [0.15, 0.2) is 0 Å². The van der Waals surface area contributed by atoms with Gasteiger partial charge in [-0.1, -0.05) is 0 Å². The van der Waals surface area contributed by atoms with Gasteiger partial charge in [-0.3, -0.25) is 4.79 Å². The van der Waals surface area contributed by atoms with E-state index in [1.807, 2.05) is 0 Å². The number of hydrogen-bond donors (Lipinski definition) is 3. The number of nitrogens with zero attached hydrogens (tertiary/aromatic N) is 1. The van der Waals surface area contributed by atoms with Gasteiger partial charge in [-0.25, -0.2) is 4.98 Å². The topological polar surface area (TPSA) is 78.0 Å². The Morgan fingerprint density at radius 3 is 3.12 bits per heavy atom. The highest BCUT2D eigenvalue weighted by molar-refractivity contribution is 5.75. The lowest BCUT2D eigenvalue weighted by atomic mass is 9.88. The third-order valence-corrected chi connectivity index (χ3v) is 3.46. The first-order valence-corrected chi connectivity index (χ1v) is 6.19. The first-order valence-electron chi connectivity index (χ1n) is 6.19. The van der Waals surface area contributed by atoms with E-state index in [0.717, 1.165) is 38.0 Å². The molecule has 2 unspecified atom stereocenters. The molecule has 1 aliphatic heterocycles. The smallest absolute Gasteiger partial charge is 0.312 e. The number of carboxylic acids is 1. The summed E-state index contributed by atoms with van der Waals surface area (Å²) in [4.78, 5) is 18.1. The molecule has 0 spiro atoms. The Bertz CT molecular complexity index is 343. The summed E-state index contributed by atoms with van der Waals surface area (Å²) in [5, 5.41) is 12.6. The number of aromatic nitrogens is 2. The van der Waals surface area contributed by atoms with E-state index >= 15 is 0 Å². The van der Waals surface area contributed by atoms with Gasteiger partial charge in [-0.05, 0) is 44.7 Å². The summed E-state index contributed by atoms with van der Waals surface area (Å²) in [5.41, 5.74) is 0.717. The van der Waals surface area contributed by atoms with Crippen molar-refractivity contribution in [3.05, 3.63) is 18.2 Å². The molecule has 5 heteroatoms. The fraction of sp³-hybridized carbons (Fsp3) is 0.667. The normalized spacial score (nSPS) is 22.9. The van der Waals surface area contributed by atoms with Crippen LogP contribution in [0.1, 0.15) is 37.3 Å². The van der Waals surface area contributed by atoms with Crippen LogP contribution in [-0.2, 0) is 4.79 Å². The molecule has 17 heavy (non-hydrogen) atoms. The predicted molar refractivity (Wildman–Crippen MR) is 63.8 cm³/mol. The third-order valence-electron chi connectivity index (χ3n) is 3.46. The fourth-order valence-electron chi connectivity index (χ4n) is 2.48. The summed E-state index contributed by atoms with van der Waals surface area (Å²) < 4.78 is 0. The van der Waals surface area contributed by atoms with Crippen molar-refractivity contribution >= 4 is 5.97 Å². The van der Waals surface area contributed by atoms with E-state index in [1.165, 1.54) is 0 Å². The Labute approximate surface area is 101 Å². The zero-order valence-electron chi connectivity index (χ0n) is 9.85. The molecule has 0 amide bonds. The first kappa shape index (κ1) is 12.1. The average molecular weight is 237 g/mol. The molecular formula is C12H19N3O2. The van der Waals surface area contributed by atoms with Gasteiger partial charge in [0.1, 0.15) is 0 Å². The monoisotopic (exact) mass is 237 g/mol. The highest BCUT2D eigenvalue weighted by Crippen LogP contribution is 2.27. The number of H-pyrrole nitrogens is 1. The molecule has 0 radical (unpaired) electrons. The summed E-state index contributed by atoms with van der Waals surface area (Å²) in [5.74, 6) is -0.707. The van der Waals surface area contributed by atoms with Crippen molar-refractivity contribution in [1.82, 2.24) is 15.3 Å². The fourth-order valence-corrected chi connectivity index (χ4v) is 2.48. The molecule has 0 aromatic carbocycles. The molecule has 2 heterocycles. The van der Waals surface area contributed by atoms with E-state index in [0.29, 0.717) is 12.3 Å². The third kappa shape index (κ3) is 3.30. The number of aliphatic carboxylic acids is 1. The van der Waals surface area contributed by atoms with E-state index in [-0.39, 0.29) is 0 Å². The Balaban J connectivity index is 2.00. The Kier molecular flexibility index (Phi) is 4.14. The molecule has 1 saturated heterocycles. The standard InChI is InChI=1S/C12H19N3O2/c16-12(17)10(11-7-14-8-15-11)6-9-2-1-4-13-5-3-9/h7-10,13H,1-6H2,(H,14,15)(H,16,17). The van der Waals surface area contributed by atoms with Crippen molar-refractivity contribution in [2.24, 2.45) is 5.92 Å². The molecule has 0 saturated carbocycles. The van der Waals surface area contributed by atoms with Crippen molar-refractivity contribution in [3.63, 3.8) is 0 Å². The minimum atomic E-state index is -0.758. The minimum Gasteiger partial charge on any atom is -0.481 e. The number of rotatable bonds is 4. The molecule has 2 atom stereocenters. The molecule has 5 nitrogen and oxygen atoms in total. The summed E-state index contributed by atoms with van der Waals surface area (Å²) in [7, 11) is 0. The van der Waals surface area contributed by atoms with Crippen LogP contribution in [0.15, 0.2) is 12.5 Å². The van der Waals surface area contributed by atoms with E-state index < -0.39 is 11.9 Å². The number of carbonyl (C=O) groups is 1. The molecule has 3 N–H and O–H groups in total. The van der Waals surface area contributed by atoms with Crippen LogP contribution in [0.4, 0.5) is 0 Å². The van der Waals surface area contributed by atoms with Gasteiger partial charge < -0.3 is 15.4 Å². The van der Waals surface area contributed by atoms with Crippen LogP contribution in [0.5, 0.6) is 0 Å². The van der Waals surface area contributed by atoms with Crippen molar-refractivity contribution in [2.45, 2.75) is 31.6 Å². The first-order chi connectivity index (χ1) is 8.27. The molecule has 1 fully saturated rings. The van der Waals surface area contributed by atoms with Crippen LogP contribution in [0, 0.1) is 5.92 Å². The van der Waals surface area contributed by atoms with Crippen molar-refractivity contribution in [2.75, 3.05) is 13.1 Å². The molecule has 1 aromatic heterocycles. The molecule has 0 bridgehead atoms. The molecule has 0 aliphatic carbocycles. The second kappa shape index (κ2) is 5.82. The van der Waals surface area contributed by atoms with Crippen LogP contribution in [-0.4, -0.2) is 34.1 Å². The highest BCUT2D eigenvalue weighted by Gasteiger charge is 2.25. The summed E-state index contributed by atoms with van der Waals surface area (Å²) in [6.07, 6.45) is 7.19. The van der Waals surface area contributed by atoms with Gasteiger partial charge in [-0.15, -0.1) is 0 Å². The second-order valence-corrected chi connectivity index (χ2v) is 4.68. The Hall–Kier alpha value is -1.36.